The lowest BCUT2D eigenvalue weighted by Crippen LogP contribution is -2.49. The smallest absolute Gasteiger partial charge is 0.261 e. The van der Waals surface area contributed by atoms with E-state index in [1.165, 1.54) is 42.5 Å². The number of piperidine rings is 1. The minimum Gasteiger partial charge on any atom is -0.395 e. The van der Waals surface area contributed by atoms with E-state index in [-0.39, 0.29) is 18.1 Å². The summed E-state index contributed by atoms with van der Waals surface area (Å²) in [4.78, 5) is 17.0. The number of hydrogen-bond acceptors (Lipinski definition) is 5. The lowest BCUT2D eigenvalue weighted by molar-refractivity contribution is -0.103. The summed E-state index contributed by atoms with van der Waals surface area (Å²) in [7, 11) is 0. The zero-order chi connectivity index (χ0) is 18.0. The van der Waals surface area contributed by atoms with Gasteiger partial charge in [0.05, 0.1) is 23.7 Å². The van der Waals surface area contributed by atoms with Gasteiger partial charge in [0.2, 0.25) is 0 Å². The Morgan fingerprint density at radius 1 is 1.31 bits per heavy atom. The van der Waals surface area contributed by atoms with Crippen LogP contribution >= 0.6 is 11.3 Å². The van der Waals surface area contributed by atoms with Gasteiger partial charge in [-0.2, -0.15) is 0 Å². The van der Waals surface area contributed by atoms with Crippen molar-refractivity contribution in [1.29, 1.82) is 0 Å². The molecule has 4 rings (SSSR count). The van der Waals surface area contributed by atoms with Crippen molar-refractivity contribution in [3.05, 3.63) is 21.4 Å². The molecule has 1 saturated carbocycles. The third-order valence-corrected chi connectivity index (χ3v) is 7.52. The summed E-state index contributed by atoms with van der Waals surface area (Å²) in [6.45, 7) is 3.24. The largest absolute Gasteiger partial charge is 0.395 e. The molecule has 26 heavy (non-hydrogen) atoms. The van der Waals surface area contributed by atoms with Crippen molar-refractivity contribution >= 4 is 17.2 Å². The third-order valence-electron chi connectivity index (χ3n) is 6.33. The van der Waals surface area contributed by atoms with Crippen LogP contribution in [0.3, 0.4) is 0 Å². The number of nitrogens with zero attached hydrogens (tertiary/aromatic N) is 1. The lowest BCUT2D eigenvalue weighted by atomic mass is 9.81. The summed E-state index contributed by atoms with van der Waals surface area (Å²) in [5, 5.41) is 11.7. The number of carbonyl (C=O) groups is 1. The Kier molecular flexibility index (Phi) is 5.64. The molecule has 144 valence electrons. The Hall–Kier alpha value is -0.950. The van der Waals surface area contributed by atoms with Crippen molar-refractivity contribution in [2.45, 2.75) is 63.0 Å². The minimum atomic E-state index is -0.190. The molecular formula is C20H30N2O3S. The van der Waals surface area contributed by atoms with Crippen LogP contribution in [0.5, 0.6) is 0 Å². The topological polar surface area (TPSA) is 61.8 Å². The first-order valence-corrected chi connectivity index (χ1v) is 10.9. The first-order chi connectivity index (χ1) is 12.7. The van der Waals surface area contributed by atoms with Crippen LogP contribution in [0.1, 0.15) is 65.1 Å². The monoisotopic (exact) mass is 378 g/mol. The molecule has 1 aromatic heterocycles. The number of nitrogens with one attached hydrogen (secondary N) is 1. The van der Waals surface area contributed by atoms with Crippen LogP contribution in [-0.2, 0) is 16.8 Å². The van der Waals surface area contributed by atoms with E-state index in [0.717, 1.165) is 49.9 Å². The van der Waals surface area contributed by atoms with E-state index < -0.39 is 0 Å². The van der Waals surface area contributed by atoms with Gasteiger partial charge in [-0.15, -0.1) is 11.3 Å². The molecule has 1 spiro atoms. The fraction of sp³-hybridized carbons (Fsp3) is 0.750. The van der Waals surface area contributed by atoms with Gasteiger partial charge >= 0.3 is 0 Å². The predicted octanol–water partition coefficient (Wildman–Crippen LogP) is 2.67. The van der Waals surface area contributed by atoms with Gasteiger partial charge in [0.1, 0.15) is 0 Å². The van der Waals surface area contributed by atoms with Gasteiger partial charge in [0.25, 0.3) is 5.91 Å². The molecule has 6 heteroatoms. The summed E-state index contributed by atoms with van der Waals surface area (Å²) in [6, 6.07) is 2.83. The average molecular weight is 379 g/mol. The lowest BCUT2D eigenvalue weighted by Gasteiger charge is -2.46. The Balaban J connectivity index is 1.47. The summed E-state index contributed by atoms with van der Waals surface area (Å²) < 4.78 is 6.35. The number of thiophene rings is 1. The van der Waals surface area contributed by atoms with Gasteiger partial charge in [0, 0.05) is 37.0 Å². The highest BCUT2D eigenvalue weighted by molar-refractivity contribution is 7.14. The summed E-state index contributed by atoms with van der Waals surface area (Å²) in [6.07, 6.45) is 9.83. The standard InChI is InChI=1S/C20H30N2O3S/c23-12-9-21-19(24)18-14-16-17(26-18)6-13-25-20(16)7-10-22(11-8-20)15-4-2-1-3-5-15/h14-15,23H,1-13H2,(H,21,24). The molecule has 0 aromatic carbocycles. The summed E-state index contributed by atoms with van der Waals surface area (Å²) >= 11 is 1.60. The Morgan fingerprint density at radius 3 is 2.81 bits per heavy atom. The molecule has 1 aromatic rings. The van der Waals surface area contributed by atoms with Gasteiger partial charge in [0.15, 0.2) is 0 Å². The van der Waals surface area contributed by atoms with Gasteiger partial charge < -0.3 is 20.1 Å². The van der Waals surface area contributed by atoms with Gasteiger partial charge in [-0.1, -0.05) is 19.3 Å². The van der Waals surface area contributed by atoms with Crippen molar-refractivity contribution in [1.82, 2.24) is 10.2 Å². The molecule has 3 heterocycles. The molecule has 0 unspecified atom stereocenters. The normalized spacial score (nSPS) is 23.7. The van der Waals surface area contributed by atoms with Crippen LogP contribution in [0.4, 0.5) is 0 Å². The van der Waals surface area contributed by atoms with Crippen LogP contribution in [-0.4, -0.2) is 54.8 Å². The maximum atomic E-state index is 12.3. The van der Waals surface area contributed by atoms with E-state index in [9.17, 15) is 4.79 Å². The number of fused-ring (bicyclic) bond motifs is 2. The molecule has 2 fully saturated rings. The van der Waals surface area contributed by atoms with Crippen molar-refractivity contribution in [3.8, 4) is 0 Å². The molecule has 2 aliphatic heterocycles. The van der Waals surface area contributed by atoms with Crippen LogP contribution in [0.25, 0.3) is 0 Å². The van der Waals surface area contributed by atoms with Crippen molar-refractivity contribution in [3.63, 3.8) is 0 Å². The minimum absolute atomic E-state index is 0.0269. The maximum Gasteiger partial charge on any atom is 0.261 e. The maximum absolute atomic E-state index is 12.3. The van der Waals surface area contributed by atoms with Gasteiger partial charge in [-0.05, 0) is 37.3 Å². The number of aliphatic hydroxyl groups is 1. The van der Waals surface area contributed by atoms with E-state index in [2.05, 4.69) is 16.3 Å². The molecule has 0 radical (unpaired) electrons. The molecule has 5 nitrogen and oxygen atoms in total. The van der Waals surface area contributed by atoms with Crippen LogP contribution in [0.15, 0.2) is 6.07 Å². The predicted molar refractivity (Wildman–Crippen MR) is 103 cm³/mol. The zero-order valence-electron chi connectivity index (χ0n) is 15.5. The number of rotatable bonds is 4. The average Bonchev–Trinajstić information content (AvgIpc) is 3.14. The highest BCUT2D eigenvalue weighted by atomic mass is 32.1. The van der Waals surface area contributed by atoms with Crippen LogP contribution < -0.4 is 5.32 Å². The van der Waals surface area contributed by atoms with Gasteiger partial charge in [-0.3, -0.25) is 4.79 Å². The molecule has 3 aliphatic rings. The summed E-state index contributed by atoms with van der Waals surface area (Å²) in [5.41, 5.74) is 1.07. The van der Waals surface area contributed by atoms with Crippen LogP contribution in [0.2, 0.25) is 0 Å². The molecule has 1 saturated heterocycles. The highest BCUT2D eigenvalue weighted by Crippen LogP contribution is 2.45. The quantitative estimate of drug-likeness (QED) is 0.846. The summed E-state index contributed by atoms with van der Waals surface area (Å²) in [5.74, 6) is -0.0757. The molecule has 0 atom stereocenters. The molecule has 1 amide bonds. The molecule has 2 N–H and O–H groups in total. The Bertz CT molecular complexity index is 631. The SMILES string of the molecule is O=C(NCCO)c1cc2c(s1)CCOC21CCN(C2CCCCC2)CC1. The fourth-order valence-electron chi connectivity index (χ4n) is 4.90. The second-order valence-electron chi connectivity index (χ2n) is 7.85. The number of amides is 1. The number of carbonyl (C=O) groups excluding carboxylic acids is 1. The van der Waals surface area contributed by atoms with Crippen LogP contribution in [0, 0.1) is 0 Å². The van der Waals surface area contributed by atoms with Gasteiger partial charge in [-0.25, -0.2) is 0 Å². The number of likely N-dealkylation sites (tertiary alicyclic amines) is 1. The second kappa shape index (κ2) is 7.97. The number of ether oxygens (including phenoxy) is 1. The first-order valence-electron chi connectivity index (χ1n) is 10.1. The number of hydrogen-bond donors (Lipinski definition) is 2. The van der Waals surface area contributed by atoms with Crippen molar-refractivity contribution in [2.75, 3.05) is 32.8 Å². The van der Waals surface area contributed by atoms with E-state index in [4.69, 9.17) is 9.84 Å². The molecule has 1 aliphatic carbocycles. The second-order valence-corrected chi connectivity index (χ2v) is 8.98. The number of aliphatic hydroxyl groups excluding tert-OH is 1. The zero-order valence-corrected chi connectivity index (χ0v) is 16.3. The Labute approximate surface area is 159 Å². The van der Waals surface area contributed by atoms with E-state index >= 15 is 0 Å². The van der Waals surface area contributed by atoms with Crippen molar-refractivity contribution < 1.29 is 14.6 Å². The molecular weight excluding hydrogens is 348 g/mol. The molecule has 0 bridgehead atoms. The third kappa shape index (κ3) is 3.57. The van der Waals surface area contributed by atoms with E-state index in [1.54, 1.807) is 11.3 Å². The highest BCUT2D eigenvalue weighted by Gasteiger charge is 2.43. The van der Waals surface area contributed by atoms with E-state index in [0.29, 0.717) is 6.54 Å². The van der Waals surface area contributed by atoms with E-state index in [1.807, 2.05) is 0 Å². The first kappa shape index (κ1) is 18.4. The Morgan fingerprint density at radius 2 is 2.08 bits per heavy atom. The van der Waals surface area contributed by atoms with Crippen molar-refractivity contribution in [2.24, 2.45) is 0 Å². The fourth-order valence-corrected chi connectivity index (χ4v) is 6.04.